The topological polar surface area (TPSA) is 77.8 Å². The summed E-state index contributed by atoms with van der Waals surface area (Å²) in [4.78, 5) is 0. The monoisotopic (exact) mass is 95.0 g/mol. The Morgan fingerprint density at radius 3 is 1.40 bits per heavy atom. The van der Waals surface area contributed by atoms with Crippen LogP contribution in [0.2, 0.25) is 0 Å². The van der Waals surface area contributed by atoms with E-state index >= 15 is 0 Å². The maximum atomic E-state index is 8.74. The molecule has 0 rings (SSSR count). The van der Waals surface area contributed by atoms with E-state index < -0.39 is 10.3 Å². The Kier molecular flexibility index (Phi) is 0.901. The van der Waals surface area contributed by atoms with Crippen LogP contribution in [0.1, 0.15) is 0 Å². The van der Waals surface area contributed by atoms with Crippen molar-refractivity contribution < 1.29 is 13.0 Å². The molecule has 0 saturated carbocycles. The molecular formula is HNO3S. The molecule has 0 saturated heterocycles. The normalized spacial score (nSPS) is 11.6. The van der Waals surface area contributed by atoms with E-state index in [0.717, 1.165) is 0 Å². The van der Waals surface area contributed by atoms with Crippen LogP contribution < -0.4 is 5.14 Å². The molecule has 4 nitrogen and oxygen atoms in total. The van der Waals surface area contributed by atoms with Crippen molar-refractivity contribution in [2.45, 2.75) is 0 Å². The Morgan fingerprint density at radius 1 is 1.40 bits per heavy atom. The summed E-state index contributed by atoms with van der Waals surface area (Å²) in [5.41, 5.74) is 0. The van der Waals surface area contributed by atoms with E-state index in [2.05, 4.69) is 0 Å². The van der Waals surface area contributed by atoms with Crippen molar-refractivity contribution in [1.82, 2.24) is 5.14 Å². The van der Waals surface area contributed by atoms with Gasteiger partial charge in [0, 0.05) is 0 Å². The van der Waals surface area contributed by atoms with E-state index in [1.54, 1.807) is 0 Å². The second-order valence-corrected chi connectivity index (χ2v) is 1.36. The third-order valence-electron chi connectivity index (χ3n) is 0. The molecule has 0 aromatic heterocycles. The van der Waals surface area contributed by atoms with Crippen molar-refractivity contribution in [2.24, 2.45) is 0 Å². The maximum Gasteiger partial charge on any atom is 0.377 e. The standard InChI is InChI=1S/HNO3S/c1-5(2,3)4/h1H. The molecule has 0 fully saturated rings. The summed E-state index contributed by atoms with van der Waals surface area (Å²) in [6.07, 6.45) is 0. The molecule has 0 aliphatic heterocycles. The first kappa shape index (κ1) is 4.87. The quantitative estimate of drug-likeness (QED) is 0.384. The average Bonchev–Trinajstić information content (AvgIpc) is 0.722. The highest BCUT2D eigenvalue weighted by Gasteiger charge is 1.88. The van der Waals surface area contributed by atoms with Gasteiger partial charge in [0.15, 0.2) is 0 Å². The lowest BCUT2D eigenvalue weighted by atomic mass is 13.9. The van der Waals surface area contributed by atoms with Crippen molar-refractivity contribution >= 4 is 10.3 Å². The van der Waals surface area contributed by atoms with Crippen LogP contribution >= 0.6 is 0 Å². The molecule has 0 bridgehead atoms. The molecule has 0 aliphatic carbocycles. The van der Waals surface area contributed by atoms with Gasteiger partial charge < -0.3 is 0 Å². The lowest BCUT2D eigenvalue weighted by Crippen LogP contribution is -1.90. The van der Waals surface area contributed by atoms with Gasteiger partial charge in [-0.25, -0.2) is 0 Å². The second-order valence-electron chi connectivity index (χ2n) is 0.454. The maximum absolute atomic E-state index is 8.74. The largest absolute Gasteiger partial charge is 0.377 e. The van der Waals surface area contributed by atoms with Gasteiger partial charge in [-0.1, -0.05) is 4.55 Å². The number of nitrogens with one attached hydrogen (secondary N) is 1. The summed E-state index contributed by atoms with van der Waals surface area (Å²) < 4.78 is 26.2. The van der Waals surface area contributed by atoms with Crippen molar-refractivity contribution in [2.75, 3.05) is 0 Å². The number of rotatable bonds is 0. The highest BCUT2D eigenvalue weighted by atomic mass is 32.2. The zero-order valence-corrected chi connectivity index (χ0v) is 2.95. The fraction of sp³-hybridized carbons (Fsp3) is 0. The Balaban J connectivity index is 4.06. The van der Waals surface area contributed by atoms with Crippen LogP contribution in [0, 0.1) is 0 Å². The van der Waals surface area contributed by atoms with Crippen molar-refractivity contribution in [1.29, 1.82) is 0 Å². The minimum absolute atomic E-state index is 4.67. The fourth-order valence-electron chi connectivity index (χ4n) is 0. The van der Waals surface area contributed by atoms with E-state index in [9.17, 15) is 0 Å². The van der Waals surface area contributed by atoms with E-state index in [1.165, 1.54) is 0 Å². The Labute approximate surface area is 29.5 Å². The smallest absolute Gasteiger partial charge is 0.178 e. The molecule has 0 unspecified atom stereocenters. The van der Waals surface area contributed by atoms with Gasteiger partial charge >= 0.3 is 10.3 Å². The van der Waals surface area contributed by atoms with Crippen LogP contribution in [-0.2, 0) is 14.9 Å². The zero-order valence-electron chi connectivity index (χ0n) is 2.13. The van der Waals surface area contributed by atoms with Gasteiger partial charge in [0.25, 0.3) is 0 Å². The van der Waals surface area contributed by atoms with Crippen molar-refractivity contribution in [3.8, 4) is 0 Å². The predicted octanol–water partition coefficient (Wildman–Crippen LogP) is -1.06. The third kappa shape index (κ3) is 801. The summed E-state index contributed by atoms with van der Waals surface area (Å²) in [6.45, 7) is 0. The molecule has 5 heavy (non-hydrogen) atoms. The highest BCUT2D eigenvalue weighted by molar-refractivity contribution is 7.82. The van der Waals surface area contributed by atoms with Crippen LogP contribution in [-0.4, -0.2) is 8.42 Å². The van der Waals surface area contributed by atoms with Crippen LogP contribution in [0.25, 0.3) is 0 Å². The molecule has 1 N–H and O–H groups in total. The third-order valence-corrected chi connectivity index (χ3v) is 0. The van der Waals surface area contributed by atoms with Gasteiger partial charge in [-0.15, -0.1) is 5.14 Å². The predicted molar refractivity (Wildman–Crippen MR) is 12.7 cm³/mol. The van der Waals surface area contributed by atoms with Crippen LogP contribution in [0.3, 0.4) is 0 Å². The van der Waals surface area contributed by atoms with Gasteiger partial charge in [-0.05, 0) is 0 Å². The molecule has 2 radical (unpaired) electrons. The first-order chi connectivity index (χ1) is 2.00. The molecule has 0 heterocycles. The summed E-state index contributed by atoms with van der Waals surface area (Å²) >= 11 is 0. The van der Waals surface area contributed by atoms with E-state index in [-0.39, 0.29) is 0 Å². The van der Waals surface area contributed by atoms with Crippen LogP contribution in [0.4, 0.5) is 0 Å². The SMILES string of the molecule is [NH]S([O])(=O)=O. The van der Waals surface area contributed by atoms with Crippen molar-refractivity contribution in [3.05, 3.63) is 0 Å². The van der Waals surface area contributed by atoms with Gasteiger partial charge in [0.2, 0.25) is 0 Å². The zero-order chi connectivity index (χ0) is 4.50. The molecule has 0 aromatic rings. The summed E-state index contributed by atoms with van der Waals surface area (Å²) in [6, 6.07) is 0. The van der Waals surface area contributed by atoms with Gasteiger partial charge in [-0.2, -0.15) is 8.42 Å². The summed E-state index contributed by atoms with van der Waals surface area (Å²) in [5.74, 6) is 0. The van der Waals surface area contributed by atoms with Gasteiger partial charge in [0.1, 0.15) is 0 Å². The average molecular weight is 95.1 g/mol. The molecule has 0 atom stereocenters. The molecule has 0 amide bonds. The molecule has 0 aromatic carbocycles. The van der Waals surface area contributed by atoms with E-state index in [4.69, 9.17) is 18.1 Å². The summed E-state index contributed by atoms with van der Waals surface area (Å²) in [5, 5.41) is 5.35. The number of hydrogen-bond donors (Lipinski definition) is 0. The molecule has 0 spiro atoms. The molecular weight excluding hydrogens is 94.1 g/mol. The van der Waals surface area contributed by atoms with Crippen molar-refractivity contribution in [3.63, 3.8) is 0 Å². The fourth-order valence-corrected chi connectivity index (χ4v) is 0. The minimum Gasteiger partial charge on any atom is -0.178 e. The van der Waals surface area contributed by atoms with Crippen LogP contribution in [0.15, 0.2) is 0 Å². The second kappa shape index (κ2) is 0.925. The molecule has 0 aliphatic rings. The Bertz CT molecular complexity index is 90.1. The lowest BCUT2D eigenvalue weighted by Gasteiger charge is -1.62. The lowest BCUT2D eigenvalue weighted by molar-refractivity contribution is 0.414. The van der Waals surface area contributed by atoms with Gasteiger partial charge in [0.05, 0.1) is 0 Å². The molecule has 30 valence electrons. The van der Waals surface area contributed by atoms with Gasteiger partial charge in [-0.3, -0.25) is 0 Å². The molecule has 5 heteroatoms. The van der Waals surface area contributed by atoms with E-state index in [1.807, 2.05) is 0 Å². The minimum atomic E-state index is -4.67. The Hall–Kier alpha value is -0.130. The Morgan fingerprint density at radius 2 is 1.40 bits per heavy atom. The number of hydrogen-bond acceptors (Lipinski definition) is 2. The first-order valence-electron chi connectivity index (χ1n) is 0.704. The van der Waals surface area contributed by atoms with Crippen LogP contribution in [0.5, 0.6) is 0 Å². The van der Waals surface area contributed by atoms with E-state index in [0.29, 0.717) is 0 Å². The summed E-state index contributed by atoms with van der Waals surface area (Å²) in [7, 11) is -4.67. The first-order valence-corrected chi connectivity index (χ1v) is 2.11. The highest BCUT2D eigenvalue weighted by Crippen LogP contribution is 1.59.